The smallest absolute Gasteiger partial charge is 0.306 e. The van der Waals surface area contributed by atoms with Gasteiger partial charge in [-0.1, -0.05) is 47.0 Å². The minimum Gasteiger partial charge on any atom is -0.306 e. The van der Waals surface area contributed by atoms with Crippen molar-refractivity contribution in [3.05, 3.63) is 0 Å². The van der Waals surface area contributed by atoms with Crippen molar-refractivity contribution in [1.82, 2.24) is 5.32 Å². The van der Waals surface area contributed by atoms with E-state index in [1.54, 1.807) is 0 Å². The maximum absolute atomic E-state index is 12.5. The number of nitrogens with one attached hydrogen (secondary N) is 1. The van der Waals surface area contributed by atoms with Gasteiger partial charge >= 0.3 is 6.18 Å². The number of alkyl halides is 3. The average Bonchev–Trinajstić information content (AvgIpc) is 2.31. The predicted molar refractivity (Wildman–Crippen MR) is 70.6 cm³/mol. The predicted octanol–water partition coefficient (Wildman–Crippen LogP) is 4.77. The van der Waals surface area contributed by atoms with Crippen LogP contribution in [-0.2, 0) is 0 Å². The lowest BCUT2D eigenvalue weighted by Crippen LogP contribution is -2.46. The van der Waals surface area contributed by atoms with Crippen LogP contribution in [0.4, 0.5) is 13.2 Å². The number of rotatable bonds is 8. The van der Waals surface area contributed by atoms with Crippen LogP contribution in [0.15, 0.2) is 0 Å². The van der Waals surface area contributed by atoms with Gasteiger partial charge in [0.1, 0.15) is 6.04 Å². The molecule has 0 aliphatic rings. The second kappa shape index (κ2) is 7.37. The van der Waals surface area contributed by atoms with Crippen molar-refractivity contribution in [2.75, 3.05) is 6.54 Å². The third-order valence-corrected chi connectivity index (χ3v) is 4.21. The molecule has 0 fully saturated rings. The molecule has 0 spiro atoms. The lowest BCUT2D eigenvalue weighted by Gasteiger charge is -2.37. The largest absolute Gasteiger partial charge is 0.403 e. The molecule has 0 aromatic carbocycles. The third kappa shape index (κ3) is 5.59. The molecule has 1 nitrogen and oxygen atoms in total. The highest BCUT2D eigenvalue weighted by Crippen LogP contribution is 2.35. The Balaban J connectivity index is 4.51. The monoisotopic (exact) mass is 267 g/mol. The van der Waals surface area contributed by atoms with Crippen molar-refractivity contribution >= 4 is 0 Å². The van der Waals surface area contributed by atoms with E-state index < -0.39 is 12.2 Å². The Kier molecular flexibility index (Phi) is 7.26. The summed E-state index contributed by atoms with van der Waals surface area (Å²) < 4.78 is 37.5. The number of hydrogen-bond acceptors (Lipinski definition) is 1. The number of halogens is 3. The van der Waals surface area contributed by atoms with Crippen LogP contribution in [0.5, 0.6) is 0 Å². The summed E-state index contributed by atoms with van der Waals surface area (Å²) >= 11 is 0. The van der Waals surface area contributed by atoms with E-state index in [-0.39, 0.29) is 5.41 Å². The lowest BCUT2D eigenvalue weighted by molar-refractivity contribution is -0.153. The molecule has 0 rings (SSSR count). The van der Waals surface area contributed by atoms with Gasteiger partial charge in [-0.25, -0.2) is 0 Å². The van der Waals surface area contributed by atoms with Crippen molar-refractivity contribution in [3.8, 4) is 0 Å². The van der Waals surface area contributed by atoms with Crippen molar-refractivity contribution < 1.29 is 13.2 Å². The summed E-state index contributed by atoms with van der Waals surface area (Å²) in [4.78, 5) is 0. The maximum Gasteiger partial charge on any atom is 0.403 e. The van der Waals surface area contributed by atoms with E-state index in [0.29, 0.717) is 12.5 Å². The van der Waals surface area contributed by atoms with E-state index in [4.69, 9.17) is 0 Å². The van der Waals surface area contributed by atoms with Crippen molar-refractivity contribution in [1.29, 1.82) is 0 Å². The molecule has 0 aliphatic heterocycles. The molecule has 0 saturated carbocycles. The van der Waals surface area contributed by atoms with E-state index in [9.17, 15) is 13.2 Å². The van der Waals surface area contributed by atoms with E-state index in [1.807, 2.05) is 0 Å². The van der Waals surface area contributed by atoms with Crippen LogP contribution in [0.2, 0.25) is 0 Å². The normalized spacial score (nSPS) is 19.3. The van der Waals surface area contributed by atoms with Crippen LogP contribution in [0.3, 0.4) is 0 Å². The highest BCUT2D eigenvalue weighted by Gasteiger charge is 2.38. The Hall–Kier alpha value is -0.250. The molecule has 0 amide bonds. The molecular weight excluding hydrogens is 239 g/mol. The van der Waals surface area contributed by atoms with Crippen LogP contribution in [0.25, 0.3) is 0 Å². The van der Waals surface area contributed by atoms with Crippen LogP contribution >= 0.6 is 0 Å². The van der Waals surface area contributed by atoms with Crippen molar-refractivity contribution in [2.24, 2.45) is 11.3 Å². The summed E-state index contributed by atoms with van der Waals surface area (Å²) in [5.74, 6) is 0.428. The summed E-state index contributed by atoms with van der Waals surface area (Å²) in [5, 5.41) is 2.66. The van der Waals surface area contributed by atoms with Crippen LogP contribution in [-0.4, -0.2) is 18.8 Å². The van der Waals surface area contributed by atoms with Gasteiger partial charge in [0.15, 0.2) is 0 Å². The SMILES string of the molecule is CCCCC(C)(CN[C@@H](C)C(F)(F)F)C(C)CC. The Morgan fingerprint density at radius 2 is 1.67 bits per heavy atom. The van der Waals surface area contributed by atoms with Gasteiger partial charge in [0, 0.05) is 6.54 Å². The van der Waals surface area contributed by atoms with E-state index in [0.717, 1.165) is 25.7 Å². The van der Waals surface area contributed by atoms with Crippen LogP contribution in [0, 0.1) is 11.3 Å². The Morgan fingerprint density at radius 3 is 2.06 bits per heavy atom. The van der Waals surface area contributed by atoms with E-state index in [1.165, 1.54) is 6.92 Å². The van der Waals surface area contributed by atoms with Gasteiger partial charge in [0.25, 0.3) is 0 Å². The molecule has 0 bridgehead atoms. The van der Waals surface area contributed by atoms with E-state index in [2.05, 4.69) is 33.0 Å². The molecule has 0 heterocycles. The van der Waals surface area contributed by atoms with Gasteiger partial charge in [-0.15, -0.1) is 0 Å². The molecule has 0 saturated heterocycles. The summed E-state index contributed by atoms with van der Waals surface area (Å²) in [6, 6.07) is -1.43. The number of unbranched alkanes of at least 4 members (excludes halogenated alkanes) is 1. The maximum atomic E-state index is 12.5. The van der Waals surface area contributed by atoms with Gasteiger partial charge in [0.05, 0.1) is 0 Å². The summed E-state index contributed by atoms with van der Waals surface area (Å²) in [6.45, 7) is 10.1. The first-order chi connectivity index (χ1) is 8.17. The van der Waals surface area contributed by atoms with Gasteiger partial charge in [0.2, 0.25) is 0 Å². The highest BCUT2D eigenvalue weighted by molar-refractivity contribution is 4.84. The molecule has 2 unspecified atom stereocenters. The van der Waals surface area contributed by atoms with Gasteiger partial charge in [-0.3, -0.25) is 0 Å². The van der Waals surface area contributed by atoms with Crippen molar-refractivity contribution in [2.45, 2.75) is 72.5 Å². The zero-order valence-corrected chi connectivity index (χ0v) is 12.3. The fraction of sp³-hybridized carbons (Fsp3) is 1.00. The molecule has 3 atom stereocenters. The molecule has 0 aliphatic carbocycles. The summed E-state index contributed by atoms with van der Waals surface area (Å²) in [5.41, 5.74) is -0.0513. The molecule has 18 heavy (non-hydrogen) atoms. The van der Waals surface area contributed by atoms with Crippen LogP contribution < -0.4 is 5.32 Å². The first kappa shape index (κ1) is 17.8. The number of hydrogen-bond donors (Lipinski definition) is 1. The van der Waals surface area contributed by atoms with Gasteiger partial charge in [-0.2, -0.15) is 13.2 Å². The zero-order chi connectivity index (χ0) is 14.4. The zero-order valence-electron chi connectivity index (χ0n) is 12.3. The Labute approximate surface area is 110 Å². The van der Waals surface area contributed by atoms with Gasteiger partial charge < -0.3 is 5.32 Å². The first-order valence-electron chi connectivity index (χ1n) is 6.97. The second-order valence-electron chi connectivity index (χ2n) is 5.71. The minimum atomic E-state index is -4.15. The average molecular weight is 267 g/mol. The molecule has 4 heteroatoms. The first-order valence-corrected chi connectivity index (χ1v) is 6.97. The molecule has 0 aromatic heterocycles. The molecule has 1 N–H and O–H groups in total. The third-order valence-electron chi connectivity index (χ3n) is 4.21. The van der Waals surface area contributed by atoms with Crippen molar-refractivity contribution in [3.63, 3.8) is 0 Å². The topological polar surface area (TPSA) is 12.0 Å². The summed E-state index contributed by atoms with van der Waals surface area (Å²) in [7, 11) is 0. The molecule has 110 valence electrons. The highest BCUT2D eigenvalue weighted by atomic mass is 19.4. The standard InChI is InChI=1S/C14H28F3N/c1-6-8-9-13(5,11(3)7-2)10-18-12(4)14(15,16)17/h11-12,18H,6-10H2,1-5H3/t11?,12-,13?/m0/s1. The molecule has 0 radical (unpaired) electrons. The molecule has 0 aromatic rings. The quantitative estimate of drug-likeness (QED) is 0.668. The van der Waals surface area contributed by atoms with Gasteiger partial charge in [-0.05, 0) is 24.7 Å². The Morgan fingerprint density at radius 1 is 1.11 bits per heavy atom. The lowest BCUT2D eigenvalue weighted by atomic mass is 9.73. The van der Waals surface area contributed by atoms with E-state index >= 15 is 0 Å². The second-order valence-corrected chi connectivity index (χ2v) is 5.71. The van der Waals surface area contributed by atoms with Crippen LogP contribution in [0.1, 0.15) is 60.3 Å². The Bertz CT molecular complexity index is 228. The summed E-state index contributed by atoms with van der Waals surface area (Å²) in [6.07, 6.45) is -0.0107. The fourth-order valence-corrected chi connectivity index (χ4v) is 2.08. The minimum absolute atomic E-state index is 0.0513. The fourth-order valence-electron chi connectivity index (χ4n) is 2.08. The molecular formula is C14H28F3N.